The maximum Gasteiger partial charge on any atom is 0.244 e. The van der Waals surface area contributed by atoms with E-state index >= 15 is 0 Å². The molecule has 0 radical (unpaired) electrons. The van der Waals surface area contributed by atoms with E-state index in [-0.39, 0.29) is 0 Å². The summed E-state index contributed by atoms with van der Waals surface area (Å²) in [6.07, 6.45) is 6.43. The summed E-state index contributed by atoms with van der Waals surface area (Å²) in [5.41, 5.74) is 1.76. The van der Waals surface area contributed by atoms with Gasteiger partial charge in [-0.05, 0) is 18.4 Å². The molecule has 0 unspecified atom stereocenters. The molecule has 0 amide bonds. The Kier molecular flexibility index (Phi) is 6.56. The molecule has 0 heterocycles. The van der Waals surface area contributed by atoms with Gasteiger partial charge in [0.05, 0.1) is 12.0 Å². The normalized spacial score (nSPS) is 12.4. The molecule has 0 aliphatic rings. The molecule has 4 nitrogen and oxygen atoms in total. The second kappa shape index (κ2) is 7.94. The minimum absolute atomic E-state index is 0.784. The Morgan fingerprint density at radius 2 is 1.84 bits per heavy atom. The Bertz CT molecular complexity index is 495. The summed E-state index contributed by atoms with van der Waals surface area (Å²) in [7, 11) is -3.30. The number of benzene rings is 1. The van der Waals surface area contributed by atoms with Crippen molar-refractivity contribution in [2.75, 3.05) is 6.26 Å². The van der Waals surface area contributed by atoms with E-state index in [0.717, 1.165) is 36.8 Å². The third-order valence-corrected chi connectivity index (χ3v) is 3.14. The zero-order valence-corrected chi connectivity index (χ0v) is 12.4. The van der Waals surface area contributed by atoms with E-state index in [2.05, 4.69) is 16.9 Å². The lowest BCUT2D eigenvalue weighted by Gasteiger charge is -2.07. The van der Waals surface area contributed by atoms with Crippen molar-refractivity contribution in [1.29, 1.82) is 0 Å². The summed E-state index contributed by atoms with van der Waals surface area (Å²) in [6.45, 7) is 2.16. The van der Waals surface area contributed by atoms with Gasteiger partial charge in [0, 0.05) is 0 Å². The minimum atomic E-state index is -3.30. The largest absolute Gasteiger partial charge is 0.244 e. The molecule has 106 valence electrons. The second-order valence-electron chi connectivity index (χ2n) is 4.60. The molecule has 0 aliphatic heterocycles. The molecule has 0 fully saturated rings. The number of rotatable bonds is 8. The fraction of sp³-hybridized carbons (Fsp3) is 0.500. The molecule has 0 bridgehead atoms. The maximum absolute atomic E-state index is 11.1. The third kappa shape index (κ3) is 6.96. The molecule has 1 N–H and O–H groups in total. The van der Waals surface area contributed by atoms with Crippen molar-refractivity contribution in [1.82, 2.24) is 4.83 Å². The Balaban J connectivity index is 2.74. The number of nitrogens with one attached hydrogen (secondary N) is 1. The summed E-state index contributed by atoms with van der Waals surface area (Å²) in [5.74, 6) is 0. The highest BCUT2D eigenvalue weighted by molar-refractivity contribution is 7.88. The van der Waals surface area contributed by atoms with Crippen molar-refractivity contribution in [2.24, 2.45) is 5.10 Å². The summed E-state index contributed by atoms with van der Waals surface area (Å²) >= 11 is 0. The number of hydrogen-bond acceptors (Lipinski definition) is 3. The van der Waals surface area contributed by atoms with Crippen molar-refractivity contribution < 1.29 is 8.42 Å². The molecule has 0 spiro atoms. The SMILES string of the molecule is CCCCCC/C(=N\NS(C)(=O)=O)c1ccccc1. The first kappa shape index (κ1) is 15.7. The highest BCUT2D eigenvalue weighted by Gasteiger charge is 2.05. The van der Waals surface area contributed by atoms with E-state index in [1.54, 1.807) is 0 Å². The summed E-state index contributed by atoms with van der Waals surface area (Å²) in [5, 5.41) is 4.04. The number of nitrogens with zero attached hydrogens (tertiary/aromatic N) is 1. The van der Waals surface area contributed by atoms with Crippen molar-refractivity contribution in [3.05, 3.63) is 35.9 Å². The first-order valence-corrected chi connectivity index (χ1v) is 8.51. The van der Waals surface area contributed by atoms with Gasteiger partial charge in [-0.25, -0.2) is 13.2 Å². The van der Waals surface area contributed by atoms with Gasteiger partial charge >= 0.3 is 0 Å². The van der Waals surface area contributed by atoms with Gasteiger partial charge in [0.2, 0.25) is 10.0 Å². The van der Waals surface area contributed by atoms with E-state index in [9.17, 15) is 8.42 Å². The summed E-state index contributed by atoms with van der Waals surface area (Å²) in [4.78, 5) is 2.22. The van der Waals surface area contributed by atoms with Gasteiger partial charge in [-0.1, -0.05) is 56.5 Å². The summed E-state index contributed by atoms with van der Waals surface area (Å²) in [6, 6.07) is 9.68. The molecule has 0 aromatic heterocycles. The van der Waals surface area contributed by atoms with Crippen LogP contribution < -0.4 is 4.83 Å². The van der Waals surface area contributed by atoms with Gasteiger partial charge in [-0.2, -0.15) is 5.10 Å². The molecule has 1 aromatic rings. The van der Waals surface area contributed by atoms with Crippen molar-refractivity contribution >= 4 is 15.7 Å². The van der Waals surface area contributed by atoms with E-state index < -0.39 is 10.0 Å². The Labute approximate surface area is 116 Å². The Hall–Kier alpha value is -1.36. The van der Waals surface area contributed by atoms with Crippen LogP contribution in [0.3, 0.4) is 0 Å². The predicted molar refractivity (Wildman–Crippen MR) is 79.7 cm³/mol. The van der Waals surface area contributed by atoms with Crippen molar-refractivity contribution in [3.63, 3.8) is 0 Å². The van der Waals surface area contributed by atoms with Crippen LogP contribution in [0.4, 0.5) is 0 Å². The molecule has 5 heteroatoms. The van der Waals surface area contributed by atoms with E-state index in [0.29, 0.717) is 0 Å². The van der Waals surface area contributed by atoms with Crippen LogP contribution in [0, 0.1) is 0 Å². The molecular weight excluding hydrogens is 260 g/mol. The average molecular weight is 282 g/mol. The zero-order chi connectivity index (χ0) is 14.1. The van der Waals surface area contributed by atoms with Gasteiger partial charge in [-0.3, -0.25) is 0 Å². The molecule has 0 saturated carbocycles. The standard InChI is InChI=1S/C14H22N2O2S/c1-3-4-5-9-12-14(15-16-19(2,17)18)13-10-7-6-8-11-13/h6-8,10-11,16H,3-5,9,12H2,1-2H3/b15-14+. The lowest BCUT2D eigenvalue weighted by molar-refractivity contribution is 0.590. The number of unbranched alkanes of at least 4 members (excludes halogenated alkanes) is 3. The topological polar surface area (TPSA) is 58.5 Å². The lowest BCUT2D eigenvalue weighted by atomic mass is 10.0. The predicted octanol–water partition coefficient (Wildman–Crippen LogP) is 2.91. The molecule has 1 aromatic carbocycles. The van der Waals surface area contributed by atoms with Gasteiger partial charge in [0.25, 0.3) is 0 Å². The van der Waals surface area contributed by atoms with Gasteiger partial charge in [0.15, 0.2) is 0 Å². The van der Waals surface area contributed by atoms with Crippen LogP contribution in [0.25, 0.3) is 0 Å². The quantitative estimate of drug-likeness (QED) is 0.453. The molecule has 0 aliphatic carbocycles. The number of hydrazone groups is 1. The third-order valence-electron chi connectivity index (χ3n) is 2.72. The second-order valence-corrected chi connectivity index (χ2v) is 6.33. The van der Waals surface area contributed by atoms with E-state index in [4.69, 9.17) is 0 Å². The highest BCUT2D eigenvalue weighted by atomic mass is 32.2. The van der Waals surface area contributed by atoms with E-state index in [1.165, 1.54) is 12.8 Å². The first-order chi connectivity index (χ1) is 9.03. The zero-order valence-electron chi connectivity index (χ0n) is 11.6. The van der Waals surface area contributed by atoms with Crippen LogP contribution in [0.15, 0.2) is 35.4 Å². The fourth-order valence-electron chi connectivity index (χ4n) is 1.75. The molecule has 1 rings (SSSR count). The molecule has 0 atom stereocenters. The van der Waals surface area contributed by atoms with Crippen LogP contribution in [0.5, 0.6) is 0 Å². The smallest absolute Gasteiger partial charge is 0.206 e. The molecule has 19 heavy (non-hydrogen) atoms. The van der Waals surface area contributed by atoms with E-state index in [1.807, 2.05) is 30.3 Å². The fourth-order valence-corrected chi connectivity index (χ4v) is 2.03. The van der Waals surface area contributed by atoms with Crippen molar-refractivity contribution in [2.45, 2.75) is 39.0 Å². The highest BCUT2D eigenvalue weighted by Crippen LogP contribution is 2.10. The average Bonchev–Trinajstić information content (AvgIpc) is 2.38. The van der Waals surface area contributed by atoms with Gasteiger partial charge < -0.3 is 0 Å². The number of hydrogen-bond donors (Lipinski definition) is 1. The van der Waals surface area contributed by atoms with Crippen LogP contribution in [0.2, 0.25) is 0 Å². The van der Waals surface area contributed by atoms with Crippen LogP contribution in [-0.2, 0) is 10.0 Å². The Morgan fingerprint density at radius 1 is 1.16 bits per heavy atom. The summed E-state index contributed by atoms with van der Waals surface area (Å²) < 4.78 is 22.3. The number of sulfonamides is 1. The van der Waals surface area contributed by atoms with Gasteiger partial charge in [0.1, 0.15) is 0 Å². The first-order valence-electron chi connectivity index (χ1n) is 6.61. The molecular formula is C14H22N2O2S. The Morgan fingerprint density at radius 3 is 2.42 bits per heavy atom. The monoisotopic (exact) mass is 282 g/mol. The maximum atomic E-state index is 11.1. The lowest BCUT2D eigenvalue weighted by Crippen LogP contribution is -2.18. The van der Waals surface area contributed by atoms with Crippen LogP contribution in [-0.4, -0.2) is 20.4 Å². The minimum Gasteiger partial charge on any atom is -0.206 e. The van der Waals surface area contributed by atoms with Gasteiger partial charge in [-0.15, -0.1) is 0 Å². The van der Waals surface area contributed by atoms with Crippen LogP contribution in [0.1, 0.15) is 44.6 Å². The van der Waals surface area contributed by atoms with Crippen molar-refractivity contribution in [3.8, 4) is 0 Å². The molecule has 0 saturated heterocycles. The van der Waals surface area contributed by atoms with Crippen LogP contribution >= 0.6 is 0 Å².